The number of nitrogens with zero attached hydrogens (tertiary/aromatic N) is 1. The van der Waals surface area contributed by atoms with E-state index < -0.39 is 0 Å². The quantitative estimate of drug-likeness (QED) is 0.852. The third-order valence-corrected chi connectivity index (χ3v) is 3.18. The van der Waals surface area contributed by atoms with Crippen molar-refractivity contribution < 1.29 is 0 Å². The average molecular weight is 233 g/mol. The molecular formula is C12H15N3S. The minimum Gasteiger partial charge on any atom is -0.398 e. The van der Waals surface area contributed by atoms with Crippen LogP contribution in [0.4, 0.5) is 5.69 Å². The molecule has 3 N–H and O–H groups in total. The summed E-state index contributed by atoms with van der Waals surface area (Å²) in [5.41, 5.74) is 9.05. The molecule has 0 spiro atoms. The second-order valence-corrected chi connectivity index (χ2v) is 4.33. The van der Waals surface area contributed by atoms with Gasteiger partial charge in [-0.15, -0.1) is 0 Å². The van der Waals surface area contributed by atoms with E-state index in [2.05, 4.69) is 34.1 Å². The van der Waals surface area contributed by atoms with Crippen LogP contribution in [0.15, 0.2) is 35.3 Å². The SMILES string of the molecule is CCNC(c1ccsc1)c1cnccc1N. The van der Waals surface area contributed by atoms with Gasteiger partial charge in [-0.25, -0.2) is 0 Å². The lowest BCUT2D eigenvalue weighted by molar-refractivity contribution is 0.632. The zero-order valence-electron chi connectivity index (χ0n) is 9.18. The smallest absolute Gasteiger partial charge is 0.0620 e. The molecule has 2 rings (SSSR count). The molecule has 0 saturated heterocycles. The first-order valence-corrected chi connectivity index (χ1v) is 6.22. The summed E-state index contributed by atoms with van der Waals surface area (Å²) in [6.07, 6.45) is 3.55. The van der Waals surface area contributed by atoms with Crippen LogP contribution in [-0.2, 0) is 0 Å². The highest BCUT2D eigenvalue weighted by Crippen LogP contribution is 2.27. The highest BCUT2D eigenvalue weighted by atomic mass is 32.1. The highest BCUT2D eigenvalue weighted by Gasteiger charge is 2.15. The van der Waals surface area contributed by atoms with Crippen molar-refractivity contribution in [2.24, 2.45) is 0 Å². The molecule has 0 aliphatic heterocycles. The first kappa shape index (κ1) is 11.1. The van der Waals surface area contributed by atoms with Gasteiger partial charge >= 0.3 is 0 Å². The number of nitrogens with two attached hydrogens (primary N) is 1. The van der Waals surface area contributed by atoms with E-state index in [1.807, 2.05) is 12.3 Å². The van der Waals surface area contributed by atoms with Crippen molar-refractivity contribution in [1.82, 2.24) is 10.3 Å². The Balaban J connectivity index is 2.37. The second kappa shape index (κ2) is 5.09. The largest absolute Gasteiger partial charge is 0.398 e. The summed E-state index contributed by atoms with van der Waals surface area (Å²) in [4.78, 5) is 4.14. The lowest BCUT2D eigenvalue weighted by atomic mass is 10.0. The van der Waals surface area contributed by atoms with Crippen LogP contribution in [0, 0.1) is 0 Å². The molecule has 2 heterocycles. The third kappa shape index (κ3) is 2.23. The Morgan fingerprint density at radius 2 is 2.38 bits per heavy atom. The van der Waals surface area contributed by atoms with E-state index >= 15 is 0 Å². The fourth-order valence-electron chi connectivity index (χ4n) is 1.71. The number of nitrogens with one attached hydrogen (secondary N) is 1. The van der Waals surface area contributed by atoms with Gasteiger partial charge in [-0.1, -0.05) is 6.92 Å². The zero-order chi connectivity index (χ0) is 11.4. The van der Waals surface area contributed by atoms with E-state index in [4.69, 9.17) is 5.73 Å². The fourth-order valence-corrected chi connectivity index (χ4v) is 2.40. The van der Waals surface area contributed by atoms with Crippen LogP contribution < -0.4 is 11.1 Å². The first-order valence-electron chi connectivity index (χ1n) is 5.27. The molecule has 16 heavy (non-hydrogen) atoms. The van der Waals surface area contributed by atoms with Gasteiger partial charge in [0.1, 0.15) is 0 Å². The molecule has 0 fully saturated rings. The van der Waals surface area contributed by atoms with Gasteiger partial charge in [0.2, 0.25) is 0 Å². The van der Waals surface area contributed by atoms with Crippen LogP contribution >= 0.6 is 11.3 Å². The van der Waals surface area contributed by atoms with Gasteiger partial charge in [0.05, 0.1) is 6.04 Å². The highest BCUT2D eigenvalue weighted by molar-refractivity contribution is 7.08. The maximum atomic E-state index is 5.98. The monoisotopic (exact) mass is 233 g/mol. The van der Waals surface area contributed by atoms with Gasteiger partial charge in [-0.2, -0.15) is 11.3 Å². The van der Waals surface area contributed by atoms with Crippen LogP contribution in [0.5, 0.6) is 0 Å². The van der Waals surface area contributed by atoms with Crippen molar-refractivity contribution in [3.05, 3.63) is 46.4 Å². The van der Waals surface area contributed by atoms with E-state index in [9.17, 15) is 0 Å². The van der Waals surface area contributed by atoms with Gasteiger partial charge in [0.25, 0.3) is 0 Å². The number of pyridine rings is 1. The molecule has 0 bridgehead atoms. The van der Waals surface area contributed by atoms with Gasteiger partial charge in [-0.3, -0.25) is 4.98 Å². The van der Waals surface area contributed by atoms with Crippen molar-refractivity contribution in [3.8, 4) is 0 Å². The Kier molecular flexibility index (Phi) is 3.54. The Hall–Kier alpha value is -1.39. The van der Waals surface area contributed by atoms with Crippen LogP contribution in [0.2, 0.25) is 0 Å². The van der Waals surface area contributed by atoms with Crippen molar-refractivity contribution in [2.45, 2.75) is 13.0 Å². The van der Waals surface area contributed by atoms with Crippen LogP contribution in [0.1, 0.15) is 24.1 Å². The fraction of sp³-hybridized carbons (Fsp3) is 0.250. The Morgan fingerprint density at radius 3 is 3.00 bits per heavy atom. The van der Waals surface area contributed by atoms with Gasteiger partial charge in [0, 0.05) is 23.6 Å². The van der Waals surface area contributed by atoms with Crippen LogP contribution in [0.3, 0.4) is 0 Å². The molecule has 3 nitrogen and oxygen atoms in total. The summed E-state index contributed by atoms with van der Waals surface area (Å²) >= 11 is 1.69. The van der Waals surface area contributed by atoms with Crippen molar-refractivity contribution in [2.75, 3.05) is 12.3 Å². The summed E-state index contributed by atoms with van der Waals surface area (Å²) < 4.78 is 0. The number of hydrogen-bond donors (Lipinski definition) is 2. The van der Waals surface area contributed by atoms with E-state index in [1.165, 1.54) is 5.56 Å². The molecule has 0 aliphatic carbocycles. The number of aromatic nitrogens is 1. The molecule has 2 aromatic rings. The summed E-state index contributed by atoms with van der Waals surface area (Å²) in [6.45, 7) is 2.99. The third-order valence-electron chi connectivity index (χ3n) is 2.48. The molecule has 4 heteroatoms. The zero-order valence-corrected chi connectivity index (χ0v) is 10.00. The molecule has 0 aromatic carbocycles. The van der Waals surface area contributed by atoms with E-state index in [1.54, 1.807) is 17.5 Å². The molecule has 0 aliphatic rings. The Bertz CT molecular complexity index is 439. The average Bonchev–Trinajstić information content (AvgIpc) is 2.80. The number of nitrogen functional groups attached to an aromatic ring is 1. The summed E-state index contributed by atoms with van der Waals surface area (Å²) in [7, 11) is 0. The topological polar surface area (TPSA) is 50.9 Å². The van der Waals surface area contributed by atoms with Crippen molar-refractivity contribution in [3.63, 3.8) is 0 Å². The molecule has 1 unspecified atom stereocenters. The second-order valence-electron chi connectivity index (χ2n) is 3.55. The number of hydrogen-bond acceptors (Lipinski definition) is 4. The first-order chi connectivity index (χ1) is 7.83. The molecule has 0 amide bonds. The maximum Gasteiger partial charge on any atom is 0.0620 e. The number of anilines is 1. The summed E-state index contributed by atoms with van der Waals surface area (Å²) in [5, 5.41) is 7.64. The molecule has 1 atom stereocenters. The van der Waals surface area contributed by atoms with Crippen molar-refractivity contribution >= 4 is 17.0 Å². The minimum atomic E-state index is 0.143. The van der Waals surface area contributed by atoms with Gasteiger partial charge in [-0.05, 0) is 35.0 Å². The minimum absolute atomic E-state index is 0.143. The molecule has 84 valence electrons. The van der Waals surface area contributed by atoms with Crippen LogP contribution in [0.25, 0.3) is 0 Å². The van der Waals surface area contributed by atoms with Crippen molar-refractivity contribution in [1.29, 1.82) is 0 Å². The Morgan fingerprint density at radius 1 is 1.50 bits per heavy atom. The van der Waals surface area contributed by atoms with E-state index in [0.717, 1.165) is 17.8 Å². The predicted molar refractivity (Wildman–Crippen MR) is 68.5 cm³/mol. The normalized spacial score (nSPS) is 12.6. The molecule has 2 aromatic heterocycles. The van der Waals surface area contributed by atoms with Gasteiger partial charge < -0.3 is 11.1 Å². The Labute approximate surface area is 99.3 Å². The van der Waals surface area contributed by atoms with E-state index in [0.29, 0.717) is 0 Å². The standard InChI is InChI=1S/C12H15N3S/c1-2-15-12(9-4-6-16-8-9)10-7-14-5-3-11(10)13/h3-8,12,15H,2H2,1H3,(H2,13,14). The predicted octanol–water partition coefficient (Wildman–Crippen LogP) is 2.42. The summed E-state index contributed by atoms with van der Waals surface area (Å²) in [6, 6.07) is 4.10. The van der Waals surface area contributed by atoms with Crippen LogP contribution in [-0.4, -0.2) is 11.5 Å². The molecule has 0 radical (unpaired) electrons. The maximum absolute atomic E-state index is 5.98. The number of rotatable bonds is 4. The molecular weight excluding hydrogens is 218 g/mol. The lowest BCUT2D eigenvalue weighted by Crippen LogP contribution is -2.22. The molecule has 0 saturated carbocycles. The van der Waals surface area contributed by atoms with E-state index in [-0.39, 0.29) is 6.04 Å². The lowest BCUT2D eigenvalue weighted by Gasteiger charge is -2.18. The van der Waals surface area contributed by atoms with Gasteiger partial charge in [0.15, 0.2) is 0 Å². The number of thiophene rings is 1. The summed E-state index contributed by atoms with van der Waals surface area (Å²) in [5.74, 6) is 0.